The smallest absolute Gasteiger partial charge is 0.121 e. The first-order valence-electron chi connectivity index (χ1n) is 5.72. The van der Waals surface area contributed by atoms with E-state index in [1.807, 2.05) is 31.2 Å². The van der Waals surface area contributed by atoms with E-state index in [2.05, 4.69) is 33.3 Å². The Morgan fingerprint density at radius 1 is 1.33 bits per heavy atom. The van der Waals surface area contributed by atoms with Crippen LogP contribution < -0.4 is 5.32 Å². The van der Waals surface area contributed by atoms with Gasteiger partial charge in [0.15, 0.2) is 0 Å². The standard InChI is InChI=1S/C13H14N4O/c1-9(12-5-3-11(7-14)4-6-12)15-8-13-10(2)16-18-17-13/h3-6,9,15H,8H2,1-2H3. The van der Waals surface area contributed by atoms with E-state index in [9.17, 15) is 0 Å². The number of nitrogens with zero attached hydrogens (tertiary/aromatic N) is 3. The van der Waals surface area contributed by atoms with Crippen molar-refractivity contribution in [2.24, 2.45) is 0 Å². The molecule has 5 nitrogen and oxygen atoms in total. The van der Waals surface area contributed by atoms with E-state index >= 15 is 0 Å². The molecule has 0 fully saturated rings. The molecule has 0 aliphatic heterocycles. The van der Waals surface area contributed by atoms with Gasteiger partial charge in [0.05, 0.1) is 11.6 Å². The van der Waals surface area contributed by atoms with E-state index in [0.29, 0.717) is 12.1 Å². The second-order valence-electron chi connectivity index (χ2n) is 4.13. The fourth-order valence-corrected chi connectivity index (χ4v) is 1.62. The number of hydrogen-bond acceptors (Lipinski definition) is 5. The van der Waals surface area contributed by atoms with E-state index in [1.54, 1.807) is 0 Å². The van der Waals surface area contributed by atoms with Gasteiger partial charge in [0.2, 0.25) is 0 Å². The minimum atomic E-state index is 0.175. The third-order valence-corrected chi connectivity index (χ3v) is 2.86. The van der Waals surface area contributed by atoms with Crippen molar-refractivity contribution in [3.8, 4) is 6.07 Å². The van der Waals surface area contributed by atoms with Crippen LogP contribution in [0.2, 0.25) is 0 Å². The van der Waals surface area contributed by atoms with E-state index in [-0.39, 0.29) is 6.04 Å². The normalized spacial score (nSPS) is 12.1. The molecule has 0 spiro atoms. The van der Waals surface area contributed by atoms with Crippen LogP contribution in [0, 0.1) is 18.3 Å². The Kier molecular flexibility index (Phi) is 3.70. The van der Waals surface area contributed by atoms with Crippen LogP contribution >= 0.6 is 0 Å². The minimum Gasteiger partial charge on any atom is -0.304 e. The van der Waals surface area contributed by atoms with Gasteiger partial charge < -0.3 is 5.32 Å². The third-order valence-electron chi connectivity index (χ3n) is 2.86. The van der Waals surface area contributed by atoms with Gasteiger partial charge in [0, 0.05) is 12.6 Å². The van der Waals surface area contributed by atoms with Crippen molar-refractivity contribution in [1.82, 2.24) is 15.6 Å². The van der Waals surface area contributed by atoms with Crippen LogP contribution in [0.1, 0.15) is 35.5 Å². The molecular weight excluding hydrogens is 228 g/mol. The van der Waals surface area contributed by atoms with Crippen LogP contribution in [0.4, 0.5) is 0 Å². The average molecular weight is 242 g/mol. The van der Waals surface area contributed by atoms with Crippen LogP contribution in [0.15, 0.2) is 28.9 Å². The average Bonchev–Trinajstić information content (AvgIpc) is 2.81. The predicted octanol–water partition coefficient (Wildman–Crippen LogP) is 2.10. The molecular formula is C13H14N4O. The highest BCUT2D eigenvalue weighted by Gasteiger charge is 2.08. The molecule has 5 heteroatoms. The Labute approximate surface area is 105 Å². The van der Waals surface area contributed by atoms with Crippen LogP contribution in [0.25, 0.3) is 0 Å². The number of aryl methyl sites for hydroxylation is 1. The van der Waals surface area contributed by atoms with Gasteiger partial charge >= 0.3 is 0 Å². The second kappa shape index (κ2) is 5.43. The van der Waals surface area contributed by atoms with Crippen molar-refractivity contribution in [1.29, 1.82) is 5.26 Å². The van der Waals surface area contributed by atoms with Gasteiger partial charge in [-0.05, 0) is 31.5 Å². The second-order valence-corrected chi connectivity index (χ2v) is 4.13. The fraction of sp³-hybridized carbons (Fsp3) is 0.308. The lowest BCUT2D eigenvalue weighted by molar-refractivity contribution is 0.300. The number of benzene rings is 1. The first-order chi connectivity index (χ1) is 8.70. The van der Waals surface area contributed by atoms with E-state index in [4.69, 9.17) is 5.26 Å². The van der Waals surface area contributed by atoms with Crippen molar-refractivity contribution in [3.63, 3.8) is 0 Å². The molecule has 2 aromatic rings. The Hall–Kier alpha value is -2.19. The zero-order valence-corrected chi connectivity index (χ0v) is 10.3. The maximum atomic E-state index is 8.73. The van der Waals surface area contributed by atoms with Gasteiger partial charge in [-0.25, -0.2) is 4.63 Å². The summed E-state index contributed by atoms with van der Waals surface area (Å²) in [5, 5.41) is 19.6. The van der Waals surface area contributed by atoms with Gasteiger partial charge in [-0.2, -0.15) is 5.26 Å². The van der Waals surface area contributed by atoms with Gasteiger partial charge in [0.25, 0.3) is 0 Å². The van der Waals surface area contributed by atoms with Gasteiger partial charge in [-0.15, -0.1) is 0 Å². The highest BCUT2D eigenvalue weighted by atomic mass is 16.6. The number of nitriles is 1. The summed E-state index contributed by atoms with van der Waals surface area (Å²) in [6.07, 6.45) is 0. The van der Waals surface area contributed by atoms with Gasteiger partial charge in [-0.3, -0.25) is 0 Å². The summed E-state index contributed by atoms with van der Waals surface area (Å²) in [4.78, 5) is 0. The molecule has 18 heavy (non-hydrogen) atoms. The molecule has 0 radical (unpaired) electrons. The van der Waals surface area contributed by atoms with E-state index in [1.165, 1.54) is 0 Å². The highest BCUT2D eigenvalue weighted by molar-refractivity contribution is 5.32. The quantitative estimate of drug-likeness (QED) is 0.888. The third kappa shape index (κ3) is 2.73. The van der Waals surface area contributed by atoms with Crippen molar-refractivity contribution in [2.75, 3.05) is 0 Å². The molecule has 1 atom stereocenters. The van der Waals surface area contributed by atoms with Crippen molar-refractivity contribution >= 4 is 0 Å². The molecule has 0 aliphatic rings. The molecule has 0 saturated carbocycles. The first-order valence-corrected chi connectivity index (χ1v) is 5.72. The van der Waals surface area contributed by atoms with Crippen molar-refractivity contribution in [2.45, 2.75) is 26.4 Å². The summed E-state index contributed by atoms with van der Waals surface area (Å²) in [6.45, 7) is 4.53. The molecule has 1 N–H and O–H groups in total. The number of nitrogens with one attached hydrogen (secondary N) is 1. The molecule has 2 rings (SSSR count). The molecule has 1 heterocycles. The summed E-state index contributed by atoms with van der Waals surface area (Å²) in [7, 11) is 0. The SMILES string of the molecule is Cc1nonc1CNC(C)c1ccc(C#N)cc1. The lowest BCUT2D eigenvalue weighted by Crippen LogP contribution is -2.18. The highest BCUT2D eigenvalue weighted by Crippen LogP contribution is 2.14. The Balaban J connectivity index is 1.97. The van der Waals surface area contributed by atoms with Crippen molar-refractivity contribution in [3.05, 3.63) is 46.8 Å². The topological polar surface area (TPSA) is 74.7 Å². The summed E-state index contributed by atoms with van der Waals surface area (Å²) in [5.74, 6) is 0. The number of hydrogen-bond donors (Lipinski definition) is 1. The Morgan fingerprint density at radius 3 is 2.61 bits per heavy atom. The fourth-order valence-electron chi connectivity index (χ4n) is 1.62. The van der Waals surface area contributed by atoms with E-state index in [0.717, 1.165) is 17.0 Å². The van der Waals surface area contributed by atoms with E-state index < -0.39 is 0 Å². The lowest BCUT2D eigenvalue weighted by Gasteiger charge is -2.13. The number of rotatable bonds is 4. The molecule has 0 amide bonds. The molecule has 0 saturated heterocycles. The summed E-state index contributed by atoms with van der Waals surface area (Å²) in [6, 6.07) is 9.81. The summed E-state index contributed by atoms with van der Waals surface area (Å²) >= 11 is 0. The molecule has 1 aromatic carbocycles. The maximum Gasteiger partial charge on any atom is 0.121 e. The van der Waals surface area contributed by atoms with Crippen molar-refractivity contribution < 1.29 is 4.63 Å². The Bertz CT molecular complexity index is 553. The monoisotopic (exact) mass is 242 g/mol. The molecule has 1 aromatic heterocycles. The lowest BCUT2D eigenvalue weighted by atomic mass is 10.1. The summed E-state index contributed by atoms with van der Waals surface area (Å²) in [5.41, 5.74) is 3.41. The van der Waals surface area contributed by atoms with Crippen LogP contribution in [0.5, 0.6) is 0 Å². The molecule has 92 valence electrons. The zero-order chi connectivity index (χ0) is 13.0. The maximum absolute atomic E-state index is 8.73. The minimum absolute atomic E-state index is 0.175. The van der Waals surface area contributed by atoms with Gasteiger partial charge in [0.1, 0.15) is 11.4 Å². The zero-order valence-electron chi connectivity index (χ0n) is 10.3. The van der Waals surface area contributed by atoms with Gasteiger partial charge in [-0.1, -0.05) is 22.4 Å². The van der Waals surface area contributed by atoms with Crippen LogP contribution in [0.3, 0.4) is 0 Å². The first kappa shape index (κ1) is 12.3. The van der Waals surface area contributed by atoms with Crippen LogP contribution in [-0.2, 0) is 6.54 Å². The largest absolute Gasteiger partial charge is 0.304 e. The number of aromatic nitrogens is 2. The molecule has 1 unspecified atom stereocenters. The predicted molar refractivity (Wildman–Crippen MR) is 65.4 cm³/mol. The molecule has 0 aliphatic carbocycles. The van der Waals surface area contributed by atoms with Crippen LogP contribution in [-0.4, -0.2) is 10.3 Å². The molecule has 0 bridgehead atoms. The summed E-state index contributed by atoms with van der Waals surface area (Å²) < 4.78 is 4.64. The Morgan fingerprint density at radius 2 is 2.06 bits per heavy atom.